The number of carbonyl (C=O) groups excluding carboxylic acids is 1. The van der Waals surface area contributed by atoms with E-state index >= 15 is 0 Å². The summed E-state index contributed by atoms with van der Waals surface area (Å²) in [4.78, 5) is 12.7. The fourth-order valence-corrected chi connectivity index (χ4v) is 2.24. The van der Waals surface area contributed by atoms with Gasteiger partial charge in [0.15, 0.2) is 0 Å². The van der Waals surface area contributed by atoms with Crippen molar-refractivity contribution in [2.75, 3.05) is 4.90 Å². The first-order valence-electron chi connectivity index (χ1n) is 7.45. The van der Waals surface area contributed by atoms with Crippen molar-refractivity contribution in [3.05, 3.63) is 54.1 Å². The molecule has 2 rings (SSSR count). The molecular formula is C18H22N3O2+. The van der Waals surface area contributed by atoms with Gasteiger partial charge in [-0.3, -0.25) is 5.41 Å². The van der Waals surface area contributed by atoms with Crippen LogP contribution in [0.2, 0.25) is 0 Å². The summed E-state index contributed by atoms with van der Waals surface area (Å²) in [7, 11) is 0. The maximum absolute atomic E-state index is 11.4. The summed E-state index contributed by atoms with van der Waals surface area (Å²) >= 11 is 0. The Labute approximate surface area is 136 Å². The Bertz CT molecular complexity index is 694. The van der Waals surface area contributed by atoms with Crippen LogP contribution in [0.15, 0.2) is 48.5 Å². The topological polar surface area (TPSA) is 81.1 Å². The Balaban J connectivity index is 2.18. The number of hydrogen-bond donors (Lipinski definition) is 2. The molecule has 0 saturated heterocycles. The number of primary amides is 1. The van der Waals surface area contributed by atoms with Crippen LogP contribution in [0, 0.1) is 0 Å². The zero-order valence-corrected chi connectivity index (χ0v) is 13.6. The van der Waals surface area contributed by atoms with Gasteiger partial charge in [0.05, 0.1) is 0 Å². The van der Waals surface area contributed by atoms with Gasteiger partial charge < -0.3 is 10.5 Å². The number of amidine groups is 1. The number of ether oxygens (including phenoxy) is 1. The van der Waals surface area contributed by atoms with Crippen molar-refractivity contribution in [1.82, 2.24) is 0 Å². The predicted molar refractivity (Wildman–Crippen MR) is 91.7 cm³/mol. The third-order valence-corrected chi connectivity index (χ3v) is 3.43. The van der Waals surface area contributed by atoms with Crippen LogP contribution in [-0.4, -0.2) is 11.9 Å². The first kappa shape index (κ1) is 16.5. The van der Waals surface area contributed by atoms with Gasteiger partial charge in [-0.05, 0) is 47.9 Å². The van der Waals surface area contributed by atoms with E-state index in [1.54, 1.807) is 31.2 Å². The normalized spacial score (nSPS) is 10.4. The third-order valence-electron chi connectivity index (χ3n) is 3.43. The first-order valence-corrected chi connectivity index (χ1v) is 7.45. The molecule has 120 valence electrons. The number of hydrogen-bond acceptors (Lipinski definition) is 2. The molecule has 0 saturated carbocycles. The maximum Gasteiger partial charge on any atom is 0.411 e. The number of carbonyl (C=O) groups is 1. The lowest BCUT2D eigenvalue weighted by Gasteiger charge is -2.12. The van der Waals surface area contributed by atoms with Crippen molar-refractivity contribution in [2.24, 2.45) is 5.73 Å². The molecule has 2 amide bonds. The average molecular weight is 312 g/mol. The van der Waals surface area contributed by atoms with E-state index in [0.29, 0.717) is 23.2 Å². The molecule has 0 bridgehead atoms. The van der Waals surface area contributed by atoms with E-state index in [0.717, 1.165) is 5.75 Å². The molecular weight excluding hydrogens is 290 g/mol. The smallest absolute Gasteiger partial charge is 0.411 e. The molecule has 5 heteroatoms. The number of anilines is 1. The molecule has 0 radical (unpaired) electrons. The molecule has 0 unspecified atom stereocenters. The fourth-order valence-electron chi connectivity index (χ4n) is 2.24. The van der Waals surface area contributed by atoms with Gasteiger partial charge in [0.2, 0.25) is 0 Å². The quantitative estimate of drug-likeness (QED) is 0.672. The molecule has 4 N–H and O–H groups in total. The Morgan fingerprint density at radius 3 is 2.30 bits per heavy atom. The lowest BCUT2D eigenvalue weighted by Crippen LogP contribution is -2.53. The maximum atomic E-state index is 11.4. The van der Waals surface area contributed by atoms with Gasteiger partial charge in [-0.2, -0.15) is 0 Å². The van der Waals surface area contributed by atoms with Gasteiger partial charge in [0, 0.05) is 6.92 Å². The summed E-state index contributed by atoms with van der Waals surface area (Å²) < 4.78 is 5.85. The van der Waals surface area contributed by atoms with E-state index in [1.807, 2.05) is 18.2 Å². The van der Waals surface area contributed by atoms with E-state index in [9.17, 15) is 4.79 Å². The number of rotatable bonds is 4. The van der Waals surface area contributed by atoms with Crippen LogP contribution in [0.3, 0.4) is 0 Å². The van der Waals surface area contributed by atoms with Gasteiger partial charge in [0.25, 0.3) is 5.84 Å². The first-order chi connectivity index (χ1) is 10.9. The zero-order valence-electron chi connectivity index (χ0n) is 13.6. The molecule has 0 aliphatic carbocycles. The van der Waals surface area contributed by atoms with E-state index in [4.69, 9.17) is 15.9 Å². The van der Waals surface area contributed by atoms with Crippen molar-refractivity contribution in [3.8, 4) is 11.5 Å². The van der Waals surface area contributed by atoms with Gasteiger partial charge in [-0.1, -0.05) is 26.0 Å². The highest BCUT2D eigenvalue weighted by atomic mass is 16.5. The van der Waals surface area contributed by atoms with E-state index < -0.39 is 6.03 Å². The Kier molecular flexibility index (Phi) is 5.01. The van der Waals surface area contributed by atoms with Crippen molar-refractivity contribution in [3.63, 3.8) is 0 Å². The van der Waals surface area contributed by atoms with Crippen LogP contribution >= 0.6 is 0 Å². The molecule has 0 aliphatic rings. The summed E-state index contributed by atoms with van der Waals surface area (Å²) in [5.74, 6) is 2.20. The Morgan fingerprint density at radius 1 is 1.13 bits per heavy atom. The third kappa shape index (κ3) is 4.10. The van der Waals surface area contributed by atoms with Crippen molar-refractivity contribution in [1.29, 1.82) is 0 Å². The monoisotopic (exact) mass is 312 g/mol. The van der Waals surface area contributed by atoms with Gasteiger partial charge in [0.1, 0.15) is 17.2 Å². The summed E-state index contributed by atoms with van der Waals surface area (Å²) in [5.41, 5.74) is 7.14. The van der Waals surface area contributed by atoms with E-state index in [-0.39, 0.29) is 0 Å². The van der Waals surface area contributed by atoms with Crippen LogP contribution in [0.1, 0.15) is 32.3 Å². The average Bonchev–Trinajstić information content (AvgIpc) is 2.48. The second kappa shape index (κ2) is 6.96. The number of amides is 2. The molecule has 0 spiro atoms. The van der Waals surface area contributed by atoms with Gasteiger partial charge >= 0.3 is 6.03 Å². The van der Waals surface area contributed by atoms with Crippen molar-refractivity contribution in [2.45, 2.75) is 26.7 Å². The highest BCUT2D eigenvalue weighted by molar-refractivity contribution is 6.12. The minimum atomic E-state index is -0.622. The summed E-state index contributed by atoms with van der Waals surface area (Å²) in [5, 5.41) is 5.69. The zero-order chi connectivity index (χ0) is 17.0. The number of nitrogens with zero attached hydrogens (tertiary/aromatic N) is 1. The van der Waals surface area contributed by atoms with E-state index in [2.05, 4.69) is 19.9 Å². The van der Waals surface area contributed by atoms with Crippen LogP contribution in [0.4, 0.5) is 10.5 Å². The molecule has 5 nitrogen and oxygen atoms in total. The summed E-state index contributed by atoms with van der Waals surface area (Å²) in [6.07, 6.45) is 0. The standard InChI is InChI=1S/C18H21N3O2/c1-12(2)14-5-4-6-17(11-14)23-16-9-7-15(8-10-16)21(13(3)19)18(20)22/h4-12,19H,1-3H3,(H2,20,22)/p+1. The summed E-state index contributed by atoms with van der Waals surface area (Å²) in [6, 6.07) is 14.4. The van der Waals surface area contributed by atoms with Crippen LogP contribution in [0.5, 0.6) is 11.5 Å². The molecule has 0 fully saturated rings. The molecule has 0 aromatic heterocycles. The van der Waals surface area contributed by atoms with Crippen LogP contribution < -0.4 is 20.8 Å². The SMILES string of the molecule is CC(=[NH2+])N(C(N)=O)c1ccc(Oc2cccc(C(C)C)c2)cc1. The number of urea groups is 1. The molecule has 2 aromatic carbocycles. The summed E-state index contributed by atoms with van der Waals surface area (Å²) in [6.45, 7) is 5.89. The van der Waals surface area contributed by atoms with Crippen molar-refractivity contribution >= 4 is 17.6 Å². The lowest BCUT2D eigenvalue weighted by atomic mass is 10.0. The largest absolute Gasteiger partial charge is 0.457 e. The van der Waals surface area contributed by atoms with Gasteiger partial charge in [-0.15, -0.1) is 4.90 Å². The number of benzene rings is 2. The molecule has 23 heavy (non-hydrogen) atoms. The molecule has 2 aromatic rings. The highest BCUT2D eigenvalue weighted by Gasteiger charge is 2.22. The molecule has 0 heterocycles. The second-order valence-corrected chi connectivity index (χ2v) is 5.64. The minimum Gasteiger partial charge on any atom is -0.457 e. The number of nitrogens with two attached hydrogens (primary N) is 2. The predicted octanol–water partition coefficient (Wildman–Crippen LogP) is 2.66. The van der Waals surface area contributed by atoms with Crippen LogP contribution in [0.25, 0.3) is 0 Å². The minimum absolute atomic E-state index is 0.316. The molecule has 0 aliphatic heterocycles. The van der Waals surface area contributed by atoms with Crippen LogP contribution in [-0.2, 0) is 0 Å². The lowest BCUT2D eigenvalue weighted by molar-refractivity contribution is -0.115. The molecule has 0 atom stereocenters. The van der Waals surface area contributed by atoms with E-state index in [1.165, 1.54) is 10.5 Å². The fraction of sp³-hybridized carbons (Fsp3) is 0.222. The highest BCUT2D eigenvalue weighted by Crippen LogP contribution is 2.27. The Morgan fingerprint density at radius 2 is 1.78 bits per heavy atom. The second-order valence-electron chi connectivity index (χ2n) is 5.64. The van der Waals surface area contributed by atoms with Crippen molar-refractivity contribution < 1.29 is 14.9 Å². The van der Waals surface area contributed by atoms with Gasteiger partial charge in [-0.25, -0.2) is 4.79 Å². The Hall–Kier alpha value is -2.82.